The summed E-state index contributed by atoms with van der Waals surface area (Å²) in [5.74, 6) is -0.00532. The number of hydrogen-bond acceptors (Lipinski definition) is 4. The van der Waals surface area contributed by atoms with Gasteiger partial charge in [0.15, 0.2) is 6.17 Å². The van der Waals surface area contributed by atoms with Gasteiger partial charge in [0.25, 0.3) is 5.91 Å². The van der Waals surface area contributed by atoms with Gasteiger partial charge in [0.1, 0.15) is 0 Å². The molecular formula is C20H19N3OS. The molecule has 1 atom stereocenters. The summed E-state index contributed by atoms with van der Waals surface area (Å²) < 4.78 is 0. The number of nitrogens with zero attached hydrogens (tertiary/aromatic N) is 2. The van der Waals surface area contributed by atoms with E-state index in [0.29, 0.717) is 5.56 Å². The Kier molecular flexibility index (Phi) is 4.01. The van der Waals surface area contributed by atoms with Crippen LogP contribution in [0.3, 0.4) is 0 Å². The smallest absolute Gasteiger partial charge is 0.262 e. The lowest BCUT2D eigenvalue weighted by atomic mass is 10.0. The van der Waals surface area contributed by atoms with E-state index in [1.807, 2.05) is 48.7 Å². The van der Waals surface area contributed by atoms with Crippen molar-refractivity contribution in [1.82, 2.24) is 4.98 Å². The third kappa shape index (κ3) is 2.81. The molecule has 4 rings (SSSR count). The van der Waals surface area contributed by atoms with Gasteiger partial charge >= 0.3 is 0 Å². The Morgan fingerprint density at radius 1 is 1.16 bits per heavy atom. The van der Waals surface area contributed by atoms with Gasteiger partial charge in [-0.15, -0.1) is 11.3 Å². The predicted octanol–water partition coefficient (Wildman–Crippen LogP) is 4.79. The summed E-state index contributed by atoms with van der Waals surface area (Å²) in [6, 6.07) is 15.8. The average molecular weight is 349 g/mol. The van der Waals surface area contributed by atoms with Gasteiger partial charge in [-0.05, 0) is 43.2 Å². The van der Waals surface area contributed by atoms with Crippen LogP contribution in [0, 0.1) is 6.92 Å². The number of rotatable bonds is 3. The number of fused-ring (bicyclic) bond motifs is 1. The molecule has 1 amide bonds. The summed E-state index contributed by atoms with van der Waals surface area (Å²) in [6.45, 7) is 4.10. The van der Waals surface area contributed by atoms with Crippen molar-refractivity contribution in [1.29, 1.82) is 0 Å². The molecule has 3 aromatic rings. The highest BCUT2D eigenvalue weighted by molar-refractivity contribution is 7.09. The zero-order valence-electron chi connectivity index (χ0n) is 14.2. The summed E-state index contributed by atoms with van der Waals surface area (Å²) in [4.78, 5) is 19.6. The van der Waals surface area contributed by atoms with Crippen molar-refractivity contribution in [2.45, 2.75) is 26.4 Å². The second-order valence-electron chi connectivity index (χ2n) is 6.08. The number of thiazole rings is 1. The highest BCUT2D eigenvalue weighted by atomic mass is 32.1. The topological polar surface area (TPSA) is 45.2 Å². The molecular weight excluding hydrogens is 330 g/mol. The fourth-order valence-corrected chi connectivity index (χ4v) is 3.76. The molecule has 0 saturated carbocycles. The molecule has 2 aromatic carbocycles. The van der Waals surface area contributed by atoms with E-state index in [-0.39, 0.29) is 12.1 Å². The van der Waals surface area contributed by atoms with Gasteiger partial charge in [-0.2, -0.15) is 0 Å². The summed E-state index contributed by atoms with van der Waals surface area (Å²) in [5, 5.41) is 6.49. The number of amides is 1. The first kappa shape index (κ1) is 15.8. The van der Waals surface area contributed by atoms with Crippen molar-refractivity contribution in [2.75, 3.05) is 10.2 Å². The van der Waals surface area contributed by atoms with Crippen molar-refractivity contribution in [2.24, 2.45) is 0 Å². The van der Waals surface area contributed by atoms with Gasteiger partial charge in [0.2, 0.25) is 0 Å². The summed E-state index contributed by atoms with van der Waals surface area (Å²) in [5.41, 5.74) is 4.53. The van der Waals surface area contributed by atoms with Crippen LogP contribution in [0.5, 0.6) is 0 Å². The third-order valence-electron chi connectivity index (χ3n) is 4.47. The summed E-state index contributed by atoms with van der Waals surface area (Å²) >= 11 is 1.59. The van der Waals surface area contributed by atoms with E-state index in [4.69, 9.17) is 0 Å². The molecule has 1 aromatic heterocycles. The van der Waals surface area contributed by atoms with Crippen LogP contribution in [0.1, 0.15) is 39.7 Å². The second kappa shape index (κ2) is 6.33. The maximum absolute atomic E-state index is 13.2. The molecule has 0 fully saturated rings. The van der Waals surface area contributed by atoms with Crippen LogP contribution in [-0.2, 0) is 6.42 Å². The minimum atomic E-state index is -0.306. The Hall–Kier alpha value is -2.66. The van der Waals surface area contributed by atoms with Crippen LogP contribution in [0.25, 0.3) is 0 Å². The molecule has 0 unspecified atom stereocenters. The number of para-hydroxylation sites is 1. The number of anilines is 2. The zero-order valence-corrected chi connectivity index (χ0v) is 15.0. The number of carbonyl (C=O) groups excluding carboxylic acids is 1. The minimum absolute atomic E-state index is 0.00532. The van der Waals surface area contributed by atoms with Gasteiger partial charge in [-0.3, -0.25) is 9.69 Å². The molecule has 4 nitrogen and oxygen atoms in total. The van der Waals surface area contributed by atoms with Crippen molar-refractivity contribution < 1.29 is 4.79 Å². The summed E-state index contributed by atoms with van der Waals surface area (Å²) in [7, 11) is 0. The van der Waals surface area contributed by atoms with Crippen LogP contribution in [0.15, 0.2) is 53.9 Å². The number of nitrogens with one attached hydrogen (secondary N) is 1. The number of carbonyl (C=O) groups is 1. The highest BCUT2D eigenvalue weighted by Gasteiger charge is 2.35. The molecule has 126 valence electrons. The SMILES string of the molecule is CCc1ccc(N2C(=O)c3ccccc3N[C@H]2c2csc(C)n2)cc1. The molecule has 1 N–H and O–H groups in total. The van der Waals surface area contributed by atoms with E-state index in [9.17, 15) is 4.79 Å². The maximum atomic E-state index is 13.2. The maximum Gasteiger partial charge on any atom is 0.262 e. The lowest BCUT2D eigenvalue weighted by Crippen LogP contribution is -2.43. The molecule has 1 aliphatic heterocycles. The van der Waals surface area contributed by atoms with Crippen molar-refractivity contribution in [3.8, 4) is 0 Å². The first-order valence-corrected chi connectivity index (χ1v) is 9.25. The van der Waals surface area contributed by atoms with Crippen LogP contribution < -0.4 is 10.2 Å². The van der Waals surface area contributed by atoms with Gasteiger partial charge in [0, 0.05) is 16.8 Å². The van der Waals surface area contributed by atoms with Crippen LogP contribution in [-0.4, -0.2) is 10.9 Å². The van der Waals surface area contributed by atoms with E-state index < -0.39 is 0 Å². The molecule has 0 spiro atoms. The van der Waals surface area contributed by atoms with Crippen molar-refractivity contribution in [3.05, 3.63) is 75.7 Å². The number of aromatic nitrogens is 1. The van der Waals surface area contributed by atoms with Crippen molar-refractivity contribution in [3.63, 3.8) is 0 Å². The molecule has 0 saturated heterocycles. The third-order valence-corrected chi connectivity index (χ3v) is 5.26. The number of benzene rings is 2. The monoisotopic (exact) mass is 349 g/mol. The summed E-state index contributed by atoms with van der Waals surface area (Å²) in [6.07, 6.45) is 0.670. The Morgan fingerprint density at radius 3 is 2.60 bits per heavy atom. The lowest BCUT2D eigenvalue weighted by molar-refractivity contribution is 0.0974. The Morgan fingerprint density at radius 2 is 1.92 bits per heavy atom. The molecule has 0 radical (unpaired) electrons. The Balaban J connectivity index is 1.82. The normalized spacial score (nSPS) is 16.5. The highest BCUT2D eigenvalue weighted by Crippen LogP contribution is 2.36. The fourth-order valence-electron chi connectivity index (χ4n) is 3.12. The van der Waals surface area contributed by atoms with Crippen LogP contribution >= 0.6 is 11.3 Å². The number of hydrogen-bond donors (Lipinski definition) is 1. The first-order valence-electron chi connectivity index (χ1n) is 8.37. The van der Waals surface area contributed by atoms with Crippen molar-refractivity contribution >= 4 is 28.6 Å². The molecule has 1 aliphatic rings. The first-order chi connectivity index (χ1) is 12.2. The van der Waals surface area contributed by atoms with Crippen LogP contribution in [0.2, 0.25) is 0 Å². The fraction of sp³-hybridized carbons (Fsp3) is 0.200. The van der Waals surface area contributed by atoms with E-state index in [0.717, 1.165) is 28.5 Å². The zero-order chi connectivity index (χ0) is 17.4. The van der Waals surface area contributed by atoms with E-state index in [2.05, 4.69) is 29.4 Å². The average Bonchev–Trinajstić information content (AvgIpc) is 3.08. The molecule has 0 aliphatic carbocycles. The Labute approximate surface area is 151 Å². The molecule has 0 bridgehead atoms. The van der Waals surface area contributed by atoms with E-state index >= 15 is 0 Å². The molecule has 5 heteroatoms. The Bertz CT molecular complexity index is 917. The molecule has 25 heavy (non-hydrogen) atoms. The van der Waals surface area contributed by atoms with Crippen LogP contribution in [0.4, 0.5) is 11.4 Å². The largest absolute Gasteiger partial charge is 0.359 e. The standard InChI is InChI=1S/C20H19N3OS/c1-3-14-8-10-15(11-9-14)23-19(18-12-25-13(2)21-18)22-17-7-5-4-6-16(17)20(23)24/h4-12,19,22H,3H2,1-2H3/t19-/m1/s1. The van der Waals surface area contributed by atoms with Gasteiger partial charge in [-0.1, -0.05) is 31.2 Å². The predicted molar refractivity (Wildman–Crippen MR) is 102 cm³/mol. The number of aryl methyl sites for hydroxylation is 2. The van der Waals surface area contributed by atoms with E-state index in [1.54, 1.807) is 16.2 Å². The van der Waals surface area contributed by atoms with E-state index in [1.165, 1.54) is 5.56 Å². The minimum Gasteiger partial charge on any atom is -0.359 e. The lowest BCUT2D eigenvalue weighted by Gasteiger charge is -2.37. The van der Waals surface area contributed by atoms with Gasteiger partial charge < -0.3 is 5.32 Å². The molecule has 2 heterocycles. The quantitative estimate of drug-likeness (QED) is 0.740. The van der Waals surface area contributed by atoms with Gasteiger partial charge in [0.05, 0.1) is 16.3 Å². The second-order valence-corrected chi connectivity index (χ2v) is 7.14. The van der Waals surface area contributed by atoms with Gasteiger partial charge in [-0.25, -0.2) is 4.98 Å².